The van der Waals surface area contributed by atoms with Crippen LogP contribution < -0.4 is 0 Å². The van der Waals surface area contributed by atoms with Gasteiger partial charge in [-0.3, -0.25) is 9.59 Å². The third-order valence-electron chi connectivity index (χ3n) is 6.86. The molecule has 24 heavy (non-hydrogen) atoms. The summed E-state index contributed by atoms with van der Waals surface area (Å²) in [5.41, 5.74) is -0.0828. The fraction of sp³-hybridized carbons (Fsp3) is 0.842. The first kappa shape index (κ1) is 15.9. The van der Waals surface area contributed by atoms with E-state index in [1.807, 2.05) is 11.0 Å². The molecule has 0 radical (unpaired) electrons. The van der Waals surface area contributed by atoms with Crippen LogP contribution in [0.3, 0.4) is 0 Å². The molecule has 0 N–H and O–H groups in total. The van der Waals surface area contributed by atoms with Crippen LogP contribution in [0.15, 0.2) is 0 Å². The number of nitrogens with zero attached hydrogens (tertiary/aromatic N) is 3. The van der Waals surface area contributed by atoms with Gasteiger partial charge in [-0.15, -0.1) is 0 Å². The molecule has 5 aliphatic rings. The van der Waals surface area contributed by atoms with E-state index in [4.69, 9.17) is 5.26 Å². The van der Waals surface area contributed by atoms with Gasteiger partial charge in [-0.25, -0.2) is 0 Å². The Morgan fingerprint density at radius 3 is 2.04 bits per heavy atom. The van der Waals surface area contributed by atoms with Gasteiger partial charge in [-0.1, -0.05) is 0 Å². The van der Waals surface area contributed by atoms with Gasteiger partial charge in [0, 0.05) is 26.2 Å². The topological polar surface area (TPSA) is 64.4 Å². The highest BCUT2D eigenvalue weighted by Gasteiger charge is 2.55. The highest BCUT2D eigenvalue weighted by atomic mass is 16.2. The summed E-state index contributed by atoms with van der Waals surface area (Å²) in [6.07, 6.45) is 8.13. The second kappa shape index (κ2) is 6.06. The summed E-state index contributed by atoms with van der Waals surface area (Å²) in [7, 11) is 0. The van der Waals surface area contributed by atoms with Gasteiger partial charge in [0.25, 0.3) is 0 Å². The Balaban J connectivity index is 1.44. The lowest BCUT2D eigenvalue weighted by Gasteiger charge is -2.56. The monoisotopic (exact) mass is 329 g/mol. The minimum atomic E-state index is -0.0957. The molecule has 5 heteroatoms. The number of amides is 2. The van der Waals surface area contributed by atoms with E-state index in [0.717, 1.165) is 50.0 Å². The summed E-state index contributed by atoms with van der Waals surface area (Å²) >= 11 is 0. The highest BCUT2D eigenvalue weighted by Crippen LogP contribution is 2.60. The summed E-state index contributed by atoms with van der Waals surface area (Å²) in [6, 6.07) is 1.94. The van der Waals surface area contributed by atoms with E-state index in [2.05, 4.69) is 0 Å². The van der Waals surface area contributed by atoms with Crippen molar-refractivity contribution in [1.82, 2.24) is 9.80 Å². The number of hydrogen-bond donors (Lipinski definition) is 0. The SMILES string of the molecule is N#CCC(=O)N1CCCN(C(=O)C23CC4CC(CC(C4)C2)C3)CC1. The molecule has 0 atom stereocenters. The van der Waals surface area contributed by atoms with Gasteiger partial charge in [0.1, 0.15) is 6.42 Å². The number of nitriles is 1. The van der Waals surface area contributed by atoms with Crippen LogP contribution in [0.1, 0.15) is 51.4 Å². The molecule has 4 aliphatic carbocycles. The predicted molar refractivity (Wildman–Crippen MR) is 88.6 cm³/mol. The van der Waals surface area contributed by atoms with Gasteiger partial charge < -0.3 is 9.80 Å². The van der Waals surface area contributed by atoms with E-state index in [-0.39, 0.29) is 17.7 Å². The van der Waals surface area contributed by atoms with Crippen LogP contribution in [0.25, 0.3) is 0 Å². The Hall–Kier alpha value is -1.57. The van der Waals surface area contributed by atoms with E-state index >= 15 is 0 Å². The first-order valence-electron chi connectivity index (χ1n) is 9.54. The Labute approximate surface area is 144 Å². The number of hydrogen-bond acceptors (Lipinski definition) is 3. The zero-order valence-corrected chi connectivity index (χ0v) is 14.4. The zero-order valence-electron chi connectivity index (χ0n) is 14.4. The van der Waals surface area contributed by atoms with E-state index in [1.54, 1.807) is 4.90 Å². The Bertz CT molecular complexity index is 544. The van der Waals surface area contributed by atoms with Gasteiger partial charge in [-0.05, 0) is 62.7 Å². The van der Waals surface area contributed by atoms with E-state index < -0.39 is 0 Å². The van der Waals surface area contributed by atoms with Crippen LogP contribution in [0.2, 0.25) is 0 Å². The van der Waals surface area contributed by atoms with Crippen molar-refractivity contribution in [3.8, 4) is 6.07 Å². The van der Waals surface area contributed by atoms with Crippen LogP contribution in [-0.4, -0.2) is 47.8 Å². The summed E-state index contributed by atoms with van der Waals surface area (Å²) in [4.78, 5) is 29.1. The molecule has 0 aromatic heterocycles. The van der Waals surface area contributed by atoms with Crippen molar-refractivity contribution >= 4 is 11.8 Å². The number of rotatable bonds is 2. The molecule has 5 nitrogen and oxygen atoms in total. The van der Waals surface area contributed by atoms with Crippen LogP contribution in [0, 0.1) is 34.5 Å². The summed E-state index contributed by atoms with van der Waals surface area (Å²) < 4.78 is 0. The lowest BCUT2D eigenvalue weighted by Crippen LogP contribution is -2.55. The molecule has 2 amide bonds. The molecule has 5 fully saturated rings. The molecule has 1 aliphatic heterocycles. The second-order valence-electron chi connectivity index (χ2n) is 8.56. The van der Waals surface area contributed by atoms with E-state index in [9.17, 15) is 9.59 Å². The summed E-state index contributed by atoms with van der Waals surface area (Å²) in [5.74, 6) is 2.61. The van der Waals surface area contributed by atoms with Crippen molar-refractivity contribution in [3.63, 3.8) is 0 Å². The molecular weight excluding hydrogens is 302 g/mol. The first-order chi connectivity index (χ1) is 11.6. The van der Waals surface area contributed by atoms with Crippen LogP contribution in [0.4, 0.5) is 0 Å². The van der Waals surface area contributed by atoms with Crippen molar-refractivity contribution in [2.45, 2.75) is 51.4 Å². The lowest BCUT2D eigenvalue weighted by molar-refractivity contribution is -0.157. The molecule has 130 valence electrons. The third-order valence-corrected chi connectivity index (χ3v) is 6.86. The minimum Gasteiger partial charge on any atom is -0.340 e. The standard InChI is InChI=1S/C19H27N3O2/c20-3-2-17(23)21-4-1-5-22(7-6-21)18(24)19-11-14-8-15(12-19)10-16(9-14)13-19/h14-16H,1-2,4-13H2. The van der Waals surface area contributed by atoms with Crippen LogP contribution in [0.5, 0.6) is 0 Å². The molecule has 1 saturated heterocycles. The Morgan fingerprint density at radius 1 is 0.917 bits per heavy atom. The molecule has 4 bridgehead atoms. The normalized spacial score (nSPS) is 37.9. The summed E-state index contributed by atoms with van der Waals surface area (Å²) in [6.45, 7) is 2.65. The van der Waals surface area contributed by atoms with Crippen molar-refractivity contribution in [3.05, 3.63) is 0 Å². The van der Waals surface area contributed by atoms with Gasteiger partial charge in [0.2, 0.25) is 11.8 Å². The highest BCUT2D eigenvalue weighted by molar-refractivity contribution is 5.83. The maximum atomic E-state index is 13.4. The molecule has 1 heterocycles. The van der Waals surface area contributed by atoms with Crippen molar-refractivity contribution in [1.29, 1.82) is 5.26 Å². The fourth-order valence-electron chi connectivity index (χ4n) is 6.26. The first-order valence-corrected chi connectivity index (χ1v) is 9.54. The minimum absolute atomic E-state index is 0.0527. The van der Waals surface area contributed by atoms with Gasteiger partial charge in [-0.2, -0.15) is 5.26 Å². The Kier molecular flexibility index (Phi) is 4.02. The Morgan fingerprint density at radius 2 is 1.46 bits per heavy atom. The smallest absolute Gasteiger partial charge is 0.236 e. The second-order valence-corrected chi connectivity index (χ2v) is 8.56. The number of carbonyl (C=O) groups excluding carboxylic acids is 2. The van der Waals surface area contributed by atoms with E-state index in [1.165, 1.54) is 19.3 Å². The fourth-order valence-corrected chi connectivity index (χ4v) is 6.26. The predicted octanol–water partition coefficient (Wildman–Crippen LogP) is 2.18. The van der Waals surface area contributed by atoms with Crippen LogP contribution in [-0.2, 0) is 9.59 Å². The zero-order chi connectivity index (χ0) is 16.7. The molecule has 5 rings (SSSR count). The number of carbonyl (C=O) groups is 2. The molecule has 0 aromatic rings. The largest absolute Gasteiger partial charge is 0.340 e. The molecule has 0 aromatic carbocycles. The third kappa shape index (κ3) is 2.70. The van der Waals surface area contributed by atoms with E-state index in [0.29, 0.717) is 25.5 Å². The molecular formula is C19H27N3O2. The quantitative estimate of drug-likeness (QED) is 0.780. The van der Waals surface area contributed by atoms with Crippen LogP contribution >= 0.6 is 0 Å². The molecule has 0 unspecified atom stereocenters. The summed E-state index contributed by atoms with van der Waals surface area (Å²) in [5, 5.41) is 8.71. The van der Waals surface area contributed by atoms with Gasteiger partial charge >= 0.3 is 0 Å². The van der Waals surface area contributed by atoms with Gasteiger partial charge in [0.15, 0.2) is 0 Å². The van der Waals surface area contributed by atoms with Gasteiger partial charge in [0.05, 0.1) is 11.5 Å². The van der Waals surface area contributed by atoms with Crippen molar-refractivity contribution < 1.29 is 9.59 Å². The lowest BCUT2D eigenvalue weighted by atomic mass is 9.49. The maximum absolute atomic E-state index is 13.4. The van der Waals surface area contributed by atoms with Crippen molar-refractivity contribution in [2.75, 3.05) is 26.2 Å². The molecule has 0 spiro atoms. The molecule has 4 saturated carbocycles. The average Bonchev–Trinajstić information content (AvgIpc) is 2.79. The average molecular weight is 329 g/mol. The maximum Gasteiger partial charge on any atom is 0.236 e. The van der Waals surface area contributed by atoms with Crippen molar-refractivity contribution in [2.24, 2.45) is 23.2 Å².